The fraction of sp³-hybridized carbons (Fsp3) is 0.571. The molecular formula is C28H44O2. The summed E-state index contributed by atoms with van der Waals surface area (Å²) in [6, 6.07) is 12.0. The molecule has 0 saturated heterocycles. The van der Waals surface area contributed by atoms with Crippen LogP contribution in [-0.4, -0.2) is 10.2 Å². The van der Waals surface area contributed by atoms with Gasteiger partial charge in [0.15, 0.2) is 0 Å². The van der Waals surface area contributed by atoms with Crippen LogP contribution < -0.4 is 0 Å². The van der Waals surface area contributed by atoms with Crippen LogP contribution in [0.3, 0.4) is 0 Å². The van der Waals surface area contributed by atoms with Crippen molar-refractivity contribution in [1.82, 2.24) is 0 Å². The first-order chi connectivity index (χ1) is 13.3. The fourth-order valence-electron chi connectivity index (χ4n) is 3.36. The van der Waals surface area contributed by atoms with E-state index >= 15 is 0 Å². The zero-order valence-corrected chi connectivity index (χ0v) is 21.4. The quantitative estimate of drug-likeness (QED) is 0.460. The predicted octanol–water partition coefficient (Wildman–Crippen LogP) is 7.97. The molecule has 0 aliphatic heterocycles. The Kier molecular flexibility index (Phi) is 7.52. The number of hydrogen-bond acceptors (Lipinski definition) is 2. The molecule has 2 aromatic carbocycles. The molecular weight excluding hydrogens is 368 g/mol. The van der Waals surface area contributed by atoms with E-state index in [0.29, 0.717) is 11.5 Å². The van der Waals surface area contributed by atoms with E-state index in [9.17, 15) is 10.2 Å². The number of aromatic hydroxyl groups is 2. The minimum atomic E-state index is -0.00859. The molecule has 0 bridgehead atoms. The van der Waals surface area contributed by atoms with Crippen LogP contribution in [0.5, 0.6) is 11.5 Å². The van der Waals surface area contributed by atoms with Crippen LogP contribution in [0.25, 0.3) is 0 Å². The molecule has 0 fully saturated rings. The second kappa shape index (κ2) is 8.65. The number of rotatable bonds is 0. The first-order valence-corrected chi connectivity index (χ1v) is 10.9. The van der Waals surface area contributed by atoms with Gasteiger partial charge < -0.3 is 10.2 Å². The molecule has 0 saturated carbocycles. The van der Waals surface area contributed by atoms with Gasteiger partial charge in [0.2, 0.25) is 0 Å². The Bertz CT molecular complexity index is 799. The zero-order chi connectivity index (χ0) is 23.7. The van der Waals surface area contributed by atoms with Gasteiger partial charge in [-0.05, 0) is 50.0 Å². The van der Waals surface area contributed by atoms with E-state index in [-0.39, 0.29) is 21.7 Å². The summed E-state index contributed by atoms with van der Waals surface area (Å²) in [6.45, 7) is 25.6. The van der Waals surface area contributed by atoms with E-state index in [1.54, 1.807) is 6.07 Å². The number of para-hydroxylation sites is 1. The van der Waals surface area contributed by atoms with E-state index in [0.717, 1.165) is 16.7 Å². The molecule has 2 N–H and O–H groups in total. The summed E-state index contributed by atoms with van der Waals surface area (Å²) in [6.07, 6.45) is 0. The second-order valence-electron chi connectivity index (χ2n) is 12.4. The van der Waals surface area contributed by atoms with Gasteiger partial charge in [-0.25, -0.2) is 0 Å². The van der Waals surface area contributed by atoms with Crippen LogP contribution in [0.4, 0.5) is 0 Å². The average Bonchev–Trinajstić information content (AvgIpc) is 2.51. The Balaban J connectivity index is 0.000000300. The Hall–Kier alpha value is -1.96. The van der Waals surface area contributed by atoms with E-state index in [1.165, 1.54) is 5.56 Å². The first kappa shape index (κ1) is 26.1. The molecule has 0 aromatic heterocycles. The molecule has 0 heterocycles. The van der Waals surface area contributed by atoms with Crippen LogP contribution in [0.1, 0.15) is 105 Å². The zero-order valence-electron chi connectivity index (χ0n) is 21.4. The second-order valence-corrected chi connectivity index (χ2v) is 12.4. The van der Waals surface area contributed by atoms with E-state index < -0.39 is 0 Å². The van der Waals surface area contributed by atoms with Crippen molar-refractivity contribution in [2.24, 2.45) is 0 Å². The van der Waals surface area contributed by atoms with Gasteiger partial charge >= 0.3 is 0 Å². The monoisotopic (exact) mass is 412 g/mol. The van der Waals surface area contributed by atoms with Crippen molar-refractivity contribution < 1.29 is 10.2 Å². The maximum absolute atomic E-state index is 10.3. The van der Waals surface area contributed by atoms with Gasteiger partial charge in [-0.15, -0.1) is 0 Å². The number of phenols is 2. The Morgan fingerprint density at radius 1 is 0.500 bits per heavy atom. The summed E-state index contributed by atoms with van der Waals surface area (Å²) in [5.74, 6) is 0.855. The lowest BCUT2D eigenvalue weighted by Gasteiger charge is -2.26. The largest absolute Gasteiger partial charge is 0.508 e. The number of hydrogen-bond donors (Lipinski definition) is 2. The highest BCUT2D eigenvalue weighted by atomic mass is 16.3. The topological polar surface area (TPSA) is 40.5 Å². The van der Waals surface area contributed by atoms with Gasteiger partial charge in [0.05, 0.1) is 0 Å². The SMILES string of the molecule is CC(C)(C)c1ccc(O)c(C(C)(C)C)c1.CC(C)(C)c1cccc(C(C)(C)C)c1O. The maximum Gasteiger partial charge on any atom is 0.123 e. The van der Waals surface area contributed by atoms with Crippen LogP contribution in [-0.2, 0) is 21.7 Å². The smallest absolute Gasteiger partial charge is 0.123 e. The minimum Gasteiger partial charge on any atom is -0.508 e. The first-order valence-electron chi connectivity index (χ1n) is 10.9. The van der Waals surface area contributed by atoms with Crippen molar-refractivity contribution in [2.75, 3.05) is 0 Å². The third-order valence-corrected chi connectivity index (χ3v) is 5.32. The highest BCUT2D eigenvalue weighted by Gasteiger charge is 2.25. The fourth-order valence-corrected chi connectivity index (χ4v) is 3.36. The van der Waals surface area contributed by atoms with Crippen molar-refractivity contribution in [3.05, 3.63) is 58.7 Å². The minimum absolute atomic E-state index is 0.00859. The lowest BCUT2D eigenvalue weighted by molar-refractivity contribution is 0.423. The van der Waals surface area contributed by atoms with E-state index in [2.05, 4.69) is 89.2 Å². The molecule has 0 spiro atoms. The molecule has 2 rings (SSSR count). The van der Waals surface area contributed by atoms with Gasteiger partial charge in [-0.1, -0.05) is 113 Å². The van der Waals surface area contributed by atoms with Crippen LogP contribution in [0.15, 0.2) is 36.4 Å². The Labute approximate surface area is 185 Å². The lowest BCUT2D eigenvalue weighted by atomic mass is 9.80. The van der Waals surface area contributed by atoms with Gasteiger partial charge in [0.1, 0.15) is 11.5 Å². The van der Waals surface area contributed by atoms with Crippen LogP contribution in [0.2, 0.25) is 0 Å². The molecule has 30 heavy (non-hydrogen) atoms. The molecule has 0 amide bonds. The van der Waals surface area contributed by atoms with Crippen molar-refractivity contribution in [3.63, 3.8) is 0 Å². The van der Waals surface area contributed by atoms with Crippen molar-refractivity contribution >= 4 is 0 Å². The molecule has 2 nitrogen and oxygen atoms in total. The summed E-state index contributed by atoms with van der Waals surface area (Å²) in [5, 5.41) is 20.1. The Morgan fingerprint density at radius 3 is 1.23 bits per heavy atom. The molecule has 0 aliphatic rings. The summed E-state index contributed by atoms with van der Waals surface area (Å²) in [5.41, 5.74) is 4.44. The van der Waals surface area contributed by atoms with E-state index in [4.69, 9.17) is 0 Å². The van der Waals surface area contributed by atoms with Crippen molar-refractivity contribution in [2.45, 2.75) is 105 Å². The number of benzene rings is 2. The summed E-state index contributed by atoms with van der Waals surface area (Å²) >= 11 is 0. The molecule has 0 aliphatic carbocycles. The lowest BCUT2D eigenvalue weighted by Crippen LogP contribution is -2.16. The molecule has 0 atom stereocenters. The molecule has 0 radical (unpaired) electrons. The highest BCUT2D eigenvalue weighted by molar-refractivity contribution is 5.47. The highest BCUT2D eigenvalue weighted by Crippen LogP contribution is 2.38. The van der Waals surface area contributed by atoms with Gasteiger partial charge in [0, 0.05) is 0 Å². The van der Waals surface area contributed by atoms with Gasteiger partial charge in [-0.2, -0.15) is 0 Å². The van der Waals surface area contributed by atoms with E-state index in [1.807, 2.05) is 24.3 Å². The average molecular weight is 413 g/mol. The predicted molar refractivity (Wildman–Crippen MR) is 131 cm³/mol. The maximum atomic E-state index is 10.3. The standard InChI is InChI=1S/2C14H22O/c1-13(2,3)10-7-8-12(15)11(9-10)14(4,5)6;1-13(2,3)10-8-7-9-11(12(10)15)14(4,5)6/h2*7-9,15H,1-6H3. The third kappa shape index (κ3) is 6.79. The van der Waals surface area contributed by atoms with Crippen LogP contribution in [0, 0.1) is 0 Å². The summed E-state index contributed by atoms with van der Waals surface area (Å²) in [4.78, 5) is 0. The number of phenolic OH excluding ortho intramolecular Hbond substituents is 2. The van der Waals surface area contributed by atoms with Gasteiger partial charge in [-0.3, -0.25) is 0 Å². The molecule has 168 valence electrons. The van der Waals surface area contributed by atoms with Gasteiger partial charge in [0.25, 0.3) is 0 Å². The van der Waals surface area contributed by atoms with Crippen molar-refractivity contribution in [3.8, 4) is 11.5 Å². The summed E-state index contributed by atoms with van der Waals surface area (Å²) in [7, 11) is 0. The molecule has 0 unspecified atom stereocenters. The normalized spacial score (nSPS) is 12.9. The molecule has 2 heteroatoms. The third-order valence-electron chi connectivity index (χ3n) is 5.32. The summed E-state index contributed by atoms with van der Waals surface area (Å²) < 4.78 is 0. The van der Waals surface area contributed by atoms with Crippen LogP contribution >= 0.6 is 0 Å². The molecule has 2 aromatic rings. The van der Waals surface area contributed by atoms with Crippen molar-refractivity contribution in [1.29, 1.82) is 0 Å². The Morgan fingerprint density at radius 2 is 0.900 bits per heavy atom.